The Labute approximate surface area is 163 Å². The van der Waals surface area contributed by atoms with Crippen molar-refractivity contribution in [3.8, 4) is 0 Å². The molecule has 1 aromatic heterocycles. The van der Waals surface area contributed by atoms with E-state index in [2.05, 4.69) is 25.0 Å². The van der Waals surface area contributed by atoms with Crippen molar-refractivity contribution in [2.45, 2.75) is 71.6 Å². The van der Waals surface area contributed by atoms with Gasteiger partial charge in [0.15, 0.2) is 5.78 Å². The number of hydrogen-bond donors (Lipinski definition) is 0. The molecule has 0 radical (unpaired) electrons. The lowest BCUT2D eigenvalue weighted by Crippen LogP contribution is -2.52. The van der Waals surface area contributed by atoms with E-state index in [9.17, 15) is 4.79 Å². The van der Waals surface area contributed by atoms with Crippen molar-refractivity contribution in [2.24, 2.45) is 41.5 Å². The van der Waals surface area contributed by atoms with Crippen molar-refractivity contribution in [1.82, 2.24) is 9.78 Å². The molecule has 0 N–H and O–H groups in total. The highest BCUT2D eigenvalue weighted by atomic mass is 16.1. The summed E-state index contributed by atoms with van der Waals surface area (Å²) >= 11 is 0. The third-order valence-corrected chi connectivity index (χ3v) is 9.40. The van der Waals surface area contributed by atoms with Crippen LogP contribution in [0, 0.1) is 34.5 Å². The number of aryl methyl sites for hydroxylation is 1. The molecule has 0 amide bonds. The van der Waals surface area contributed by atoms with Gasteiger partial charge in [0.1, 0.15) is 0 Å². The molecule has 0 bridgehead atoms. The van der Waals surface area contributed by atoms with Crippen molar-refractivity contribution in [3.05, 3.63) is 23.5 Å². The molecule has 3 heteroatoms. The highest BCUT2D eigenvalue weighted by molar-refractivity contribution is 6.05. The molecule has 4 fully saturated rings. The van der Waals surface area contributed by atoms with Crippen LogP contribution in [-0.2, 0) is 11.8 Å². The van der Waals surface area contributed by atoms with Gasteiger partial charge in [0.25, 0.3) is 0 Å². The van der Waals surface area contributed by atoms with Gasteiger partial charge in [0, 0.05) is 18.7 Å². The van der Waals surface area contributed by atoms with Gasteiger partial charge in [-0.1, -0.05) is 26.7 Å². The minimum Gasteiger partial charge on any atom is -0.294 e. The number of carbonyl (C=O) groups excluding carboxylic acids is 1. The van der Waals surface area contributed by atoms with Crippen molar-refractivity contribution >= 4 is 11.9 Å². The Kier molecular flexibility index (Phi) is 3.97. The lowest BCUT2D eigenvalue weighted by Gasteiger charge is -2.59. The number of carbonyl (C=O) groups is 1. The molecule has 6 atom stereocenters. The van der Waals surface area contributed by atoms with Gasteiger partial charge < -0.3 is 0 Å². The van der Waals surface area contributed by atoms with E-state index in [0.29, 0.717) is 17.1 Å². The van der Waals surface area contributed by atoms with E-state index >= 15 is 0 Å². The number of Topliss-reactive ketones (excluding diaryl/α,β-unsaturated/α-hetero) is 1. The SMILES string of the molecule is Cn1nccc1/C=C1\C[C@@H]2[C@H]3CC[C@@H]4CCCC[C@]4(C)[C@@H]3CC[C@@]2(C)C1=O. The molecule has 1 aromatic rings. The first kappa shape index (κ1) is 17.7. The van der Waals surface area contributed by atoms with Gasteiger partial charge >= 0.3 is 0 Å². The summed E-state index contributed by atoms with van der Waals surface area (Å²) in [6, 6.07) is 2.02. The van der Waals surface area contributed by atoms with Crippen LogP contribution in [0.4, 0.5) is 0 Å². The molecule has 0 unspecified atom stereocenters. The largest absolute Gasteiger partial charge is 0.294 e. The zero-order valence-electron chi connectivity index (χ0n) is 17.2. The van der Waals surface area contributed by atoms with Crippen LogP contribution in [0.2, 0.25) is 0 Å². The van der Waals surface area contributed by atoms with E-state index in [4.69, 9.17) is 0 Å². The van der Waals surface area contributed by atoms with Crippen LogP contribution in [0.15, 0.2) is 17.8 Å². The zero-order valence-corrected chi connectivity index (χ0v) is 17.2. The first-order valence-electron chi connectivity index (χ1n) is 11.2. The van der Waals surface area contributed by atoms with Crippen molar-refractivity contribution in [1.29, 1.82) is 0 Å². The fourth-order valence-corrected chi connectivity index (χ4v) is 7.80. The van der Waals surface area contributed by atoms with Crippen LogP contribution < -0.4 is 0 Å². The molecule has 146 valence electrons. The monoisotopic (exact) mass is 366 g/mol. The summed E-state index contributed by atoms with van der Waals surface area (Å²) in [5.74, 6) is 3.53. The standard InChI is InChI=1S/C24H34N2O/c1-23-11-5-4-6-17(23)7-8-19-20(23)9-12-24(2)21(19)15-16(22(24)27)14-18-10-13-25-26(18)3/h10,13-14,17,19-21H,4-9,11-12,15H2,1-3H3/b16-14+/t17-,19-,20+,21+,23-,24+/m0/s1. The van der Waals surface area contributed by atoms with Gasteiger partial charge in [-0.3, -0.25) is 9.48 Å². The maximum atomic E-state index is 13.4. The fourth-order valence-electron chi connectivity index (χ4n) is 7.80. The molecule has 0 saturated heterocycles. The van der Waals surface area contributed by atoms with Crippen LogP contribution in [0.1, 0.15) is 77.3 Å². The zero-order chi connectivity index (χ0) is 18.8. The first-order valence-corrected chi connectivity index (χ1v) is 11.2. The highest BCUT2D eigenvalue weighted by Crippen LogP contribution is 2.66. The summed E-state index contributed by atoms with van der Waals surface area (Å²) in [5.41, 5.74) is 2.53. The topological polar surface area (TPSA) is 34.9 Å². The van der Waals surface area contributed by atoms with E-state index in [-0.39, 0.29) is 5.41 Å². The lowest BCUT2D eigenvalue weighted by atomic mass is 9.45. The lowest BCUT2D eigenvalue weighted by molar-refractivity contribution is -0.137. The molecule has 27 heavy (non-hydrogen) atoms. The van der Waals surface area contributed by atoms with Crippen LogP contribution in [0.5, 0.6) is 0 Å². The van der Waals surface area contributed by atoms with E-state index in [0.717, 1.165) is 41.9 Å². The molecule has 0 spiro atoms. The maximum absolute atomic E-state index is 13.4. The molecule has 0 aromatic carbocycles. The van der Waals surface area contributed by atoms with Crippen LogP contribution >= 0.6 is 0 Å². The van der Waals surface area contributed by atoms with E-state index < -0.39 is 0 Å². The van der Waals surface area contributed by atoms with Gasteiger partial charge in [0.05, 0.1) is 5.69 Å². The second kappa shape index (κ2) is 6.06. The highest BCUT2D eigenvalue weighted by Gasteiger charge is 2.60. The number of hydrogen-bond acceptors (Lipinski definition) is 2. The third-order valence-electron chi connectivity index (χ3n) is 9.40. The van der Waals surface area contributed by atoms with Gasteiger partial charge in [-0.25, -0.2) is 0 Å². The Hall–Kier alpha value is -1.38. The summed E-state index contributed by atoms with van der Waals surface area (Å²) in [6.07, 6.45) is 15.8. The molecular weight excluding hydrogens is 332 g/mol. The quantitative estimate of drug-likeness (QED) is 0.622. The summed E-state index contributed by atoms with van der Waals surface area (Å²) in [4.78, 5) is 13.4. The Morgan fingerprint density at radius 3 is 2.74 bits per heavy atom. The molecule has 4 saturated carbocycles. The van der Waals surface area contributed by atoms with Crippen LogP contribution in [0.3, 0.4) is 0 Å². The Morgan fingerprint density at radius 2 is 1.96 bits per heavy atom. The maximum Gasteiger partial charge on any atom is 0.165 e. The number of rotatable bonds is 1. The van der Waals surface area contributed by atoms with Crippen molar-refractivity contribution < 1.29 is 4.79 Å². The predicted molar refractivity (Wildman–Crippen MR) is 108 cm³/mol. The molecule has 1 heterocycles. The number of aromatic nitrogens is 2. The third kappa shape index (κ3) is 2.46. The second-order valence-corrected chi connectivity index (χ2v) is 10.4. The summed E-state index contributed by atoms with van der Waals surface area (Å²) in [7, 11) is 1.96. The van der Waals surface area contributed by atoms with E-state index in [1.54, 1.807) is 0 Å². The van der Waals surface area contributed by atoms with Crippen molar-refractivity contribution in [3.63, 3.8) is 0 Å². The van der Waals surface area contributed by atoms with Gasteiger partial charge in [-0.15, -0.1) is 0 Å². The number of ketones is 1. The second-order valence-electron chi connectivity index (χ2n) is 10.4. The van der Waals surface area contributed by atoms with E-state index in [1.165, 1.54) is 44.9 Å². The minimum atomic E-state index is -0.122. The van der Waals surface area contributed by atoms with Gasteiger partial charge in [-0.2, -0.15) is 5.10 Å². The number of nitrogens with zero attached hydrogens (tertiary/aromatic N) is 2. The first-order chi connectivity index (χ1) is 12.9. The number of allylic oxidation sites excluding steroid dienone is 1. The van der Waals surface area contributed by atoms with Gasteiger partial charge in [0.2, 0.25) is 0 Å². The average molecular weight is 367 g/mol. The van der Waals surface area contributed by atoms with Gasteiger partial charge in [-0.05, 0) is 91.7 Å². The minimum absolute atomic E-state index is 0.122. The Balaban J connectivity index is 1.48. The summed E-state index contributed by atoms with van der Waals surface area (Å²) < 4.78 is 1.88. The fraction of sp³-hybridized carbons (Fsp3) is 0.750. The molecule has 3 nitrogen and oxygen atoms in total. The summed E-state index contributed by atoms with van der Waals surface area (Å²) in [5, 5.41) is 4.27. The summed E-state index contributed by atoms with van der Waals surface area (Å²) in [6.45, 7) is 4.90. The average Bonchev–Trinajstić information content (AvgIpc) is 3.17. The van der Waals surface area contributed by atoms with Crippen LogP contribution in [0.25, 0.3) is 6.08 Å². The Bertz CT molecular complexity index is 792. The molecule has 4 aliphatic rings. The molecular formula is C24H34N2O. The number of fused-ring (bicyclic) bond motifs is 5. The Morgan fingerprint density at radius 1 is 1.11 bits per heavy atom. The van der Waals surface area contributed by atoms with E-state index in [1.807, 2.05) is 24.0 Å². The smallest absolute Gasteiger partial charge is 0.165 e. The van der Waals surface area contributed by atoms with Crippen LogP contribution in [-0.4, -0.2) is 15.6 Å². The predicted octanol–water partition coefficient (Wildman–Crippen LogP) is 5.42. The van der Waals surface area contributed by atoms with Crippen molar-refractivity contribution in [2.75, 3.05) is 0 Å². The molecule has 5 rings (SSSR count). The molecule has 0 aliphatic heterocycles. The molecule has 4 aliphatic carbocycles. The normalized spacial score (nSPS) is 45.4.